The van der Waals surface area contributed by atoms with Gasteiger partial charge in [-0.1, -0.05) is 13.8 Å². The van der Waals surface area contributed by atoms with Crippen LogP contribution in [0, 0.1) is 12.8 Å². The quantitative estimate of drug-likeness (QED) is 0.852. The number of aromatic nitrogens is 2. The van der Waals surface area contributed by atoms with E-state index in [-0.39, 0.29) is 6.04 Å². The van der Waals surface area contributed by atoms with E-state index in [9.17, 15) is 0 Å². The lowest BCUT2D eigenvalue weighted by Gasteiger charge is -2.15. The third-order valence-electron chi connectivity index (χ3n) is 2.81. The summed E-state index contributed by atoms with van der Waals surface area (Å²) in [5, 5.41) is 6.41. The molecule has 0 radical (unpaired) electrons. The SMILES string of the molecule is Cc1csc(C(C)Nc2ccc(N)c(OCC(C)C)n2)n1. The second-order valence-electron chi connectivity index (χ2n) is 5.49. The van der Waals surface area contributed by atoms with Crippen molar-refractivity contribution in [2.45, 2.75) is 33.7 Å². The van der Waals surface area contributed by atoms with Gasteiger partial charge in [-0.15, -0.1) is 11.3 Å². The molecule has 1 unspecified atom stereocenters. The Balaban J connectivity index is 2.07. The van der Waals surface area contributed by atoms with Crippen LogP contribution in [0.3, 0.4) is 0 Å². The molecule has 2 heterocycles. The molecule has 0 fully saturated rings. The average Bonchev–Trinajstić information content (AvgIpc) is 2.86. The van der Waals surface area contributed by atoms with Gasteiger partial charge in [-0.3, -0.25) is 0 Å². The minimum absolute atomic E-state index is 0.0952. The first kappa shape index (κ1) is 15.6. The number of rotatable bonds is 6. The van der Waals surface area contributed by atoms with E-state index in [4.69, 9.17) is 10.5 Å². The van der Waals surface area contributed by atoms with Crippen molar-refractivity contribution in [2.24, 2.45) is 5.92 Å². The van der Waals surface area contributed by atoms with E-state index in [1.165, 1.54) is 0 Å². The van der Waals surface area contributed by atoms with E-state index in [0.717, 1.165) is 16.5 Å². The van der Waals surface area contributed by atoms with Crippen molar-refractivity contribution in [1.82, 2.24) is 9.97 Å². The van der Waals surface area contributed by atoms with Crippen LogP contribution in [0.1, 0.15) is 37.5 Å². The van der Waals surface area contributed by atoms with Crippen molar-refractivity contribution >= 4 is 22.8 Å². The van der Waals surface area contributed by atoms with Crippen molar-refractivity contribution in [3.05, 3.63) is 28.2 Å². The fourth-order valence-electron chi connectivity index (χ4n) is 1.75. The lowest BCUT2D eigenvalue weighted by molar-refractivity contribution is 0.263. The number of hydrogen-bond acceptors (Lipinski definition) is 6. The molecular weight excluding hydrogens is 284 g/mol. The summed E-state index contributed by atoms with van der Waals surface area (Å²) in [6.07, 6.45) is 0. The predicted octanol–water partition coefficient (Wildman–Crippen LogP) is 3.64. The van der Waals surface area contributed by atoms with Gasteiger partial charge in [-0.25, -0.2) is 4.98 Å². The van der Waals surface area contributed by atoms with E-state index in [1.54, 1.807) is 11.3 Å². The second-order valence-corrected chi connectivity index (χ2v) is 6.38. The number of pyridine rings is 1. The highest BCUT2D eigenvalue weighted by Crippen LogP contribution is 2.25. The van der Waals surface area contributed by atoms with E-state index >= 15 is 0 Å². The summed E-state index contributed by atoms with van der Waals surface area (Å²) in [5.74, 6) is 1.65. The summed E-state index contributed by atoms with van der Waals surface area (Å²) in [5.41, 5.74) is 7.49. The molecule has 0 aliphatic heterocycles. The standard InChI is InChI=1S/C15H22N4OS/c1-9(2)7-20-14-12(16)5-6-13(19-14)18-11(4)15-17-10(3)8-21-15/h5-6,8-9,11H,7,16H2,1-4H3,(H,18,19). The van der Waals surface area contributed by atoms with Crippen molar-refractivity contribution in [1.29, 1.82) is 0 Å². The van der Waals surface area contributed by atoms with Crippen LogP contribution < -0.4 is 15.8 Å². The van der Waals surface area contributed by atoms with Crippen LogP contribution in [-0.2, 0) is 0 Å². The molecule has 0 spiro atoms. The number of aryl methyl sites for hydroxylation is 1. The third kappa shape index (κ3) is 4.32. The zero-order chi connectivity index (χ0) is 15.4. The number of nitrogen functional groups attached to an aromatic ring is 1. The fraction of sp³-hybridized carbons (Fsp3) is 0.467. The van der Waals surface area contributed by atoms with Crippen molar-refractivity contribution in [3.63, 3.8) is 0 Å². The molecule has 3 N–H and O–H groups in total. The molecule has 21 heavy (non-hydrogen) atoms. The summed E-state index contributed by atoms with van der Waals surface area (Å²) in [7, 11) is 0. The van der Waals surface area contributed by atoms with Gasteiger partial charge in [0.1, 0.15) is 10.8 Å². The Bertz CT molecular complexity index is 597. The molecular formula is C15H22N4OS. The van der Waals surface area contributed by atoms with E-state index < -0.39 is 0 Å². The first-order chi connectivity index (χ1) is 9.95. The number of ether oxygens (including phenoxy) is 1. The van der Waals surface area contributed by atoms with Crippen LogP contribution in [0.4, 0.5) is 11.5 Å². The van der Waals surface area contributed by atoms with Gasteiger partial charge < -0.3 is 15.8 Å². The monoisotopic (exact) mass is 306 g/mol. The van der Waals surface area contributed by atoms with Crippen LogP contribution >= 0.6 is 11.3 Å². The van der Waals surface area contributed by atoms with Gasteiger partial charge in [0.2, 0.25) is 5.88 Å². The van der Waals surface area contributed by atoms with E-state index in [1.807, 2.05) is 24.4 Å². The molecule has 2 rings (SSSR count). The third-order valence-corrected chi connectivity index (χ3v) is 3.96. The first-order valence-electron chi connectivity index (χ1n) is 7.03. The van der Waals surface area contributed by atoms with Gasteiger partial charge in [0.05, 0.1) is 18.3 Å². The van der Waals surface area contributed by atoms with Crippen molar-refractivity contribution < 1.29 is 4.74 Å². The lowest BCUT2D eigenvalue weighted by atomic mass is 10.2. The molecule has 0 saturated heterocycles. The highest BCUT2D eigenvalue weighted by Gasteiger charge is 2.12. The number of nitrogens with zero attached hydrogens (tertiary/aromatic N) is 2. The van der Waals surface area contributed by atoms with Crippen LogP contribution in [-0.4, -0.2) is 16.6 Å². The average molecular weight is 306 g/mol. The Kier molecular flexibility index (Phi) is 5.01. The topological polar surface area (TPSA) is 73.1 Å². The highest BCUT2D eigenvalue weighted by molar-refractivity contribution is 7.09. The molecule has 0 aliphatic rings. The predicted molar refractivity (Wildman–Crippen MR) is 87.9 cm³/mol. The number of hydrogen-bond donors (Lipinski definition) is 2. The Morgan fingerprint density at radius 1 is 1.29 bits per heavy atom. The zero-order valence-corrected chi connectivity index (χ0v) is 13.7. The minimum Gasteiger partial charge on any atom is -0.476 e. The number of thiazole rings is 1. The molecule has 5 nitrogen and oxygen atoms in total. The van der Waals surface area contributed by atoms with Gasteiger partial charge in [-0.05, 0) is 31.9 Å². The van der Waals surface area contributed by atoms with Gasteiger partial charge >= 0.3 is 0 Å². The van der Waals surface area contributed by atoms with Gasteiger partial charge in [0.25, 0.3) is 0 Å². The van der Waals surface area contributed by atoms with Gasteiger partial charge in [0.15, 0.2) is 0 Å². The minimum atomic E-state index is 0.0952. The normalized spacial score (nSPS) is 12.4. The number of nitrogens with two attached hydrogens (primary N) is 1. The summed E-state index contributed by atoms with van der Waals surface area (Å²) >= 11 is 1.64. The maximum absolute atomic E-state index is 5.90. The first-order valence-corrected chi connectivity index (χ1v) is 7.91. The van der Waals surface area contributed by atoms with E-state index in [2.05, 4.69) is 36.1 Å². The van der Waals surface area contributed by atoms with Gasteiger partial charge in [-0.2, -0.15) is 4.98 Å². The summed E-state index contributed by atoms with van der Waals surface area (Å²) < 4.78 is 5.64. The molecule has 0 aliphatic carbocycles. The summed E-state index contributed by atoms with van der Waals surface area (Å²) in [4.78, 5) is 8.91. The molecule has 0 bridgehead atoms. The van der Waals surface area contributed by atoms with Gasteiger partial charge in [0, 0.05) is 11.1 Å². The number of anilines is 2. The molecule has 2 aromatic rings. The largest absolute Gasteiger partial charge is 0.476 e. The summed E-state index contributed by atoms with van der Waals surface area (Å²) in [6.45, 7) is 8.83. The molecule has 2 aromatic heterocycles. The van der Waals surface area contributed by atoms with Crippen LogP contribution in [0.2, 0.25) is 0 Å². The van der Waals surface area contributed by atoms with E-state index in [0.29, 0.717) is 24.1 Å². The van der Waals surface area contributed by atoms with Crippen molar-refractivity contribution in [3.8, 4) is 5.88 Å². The summed E-state index contributed by atoms with van der Waals surface area (Å²) in [6, 6.07) is 3.76. The molecule has 0 aromatic carbocycles. The van der Waals surface area contributed by atoms with Crippen LogP contribution in [0.25, 0.3) is 0 Å². The maximum atomic E-state index is 5.90. The molecule has 6 heteroatoms. The maximum Gasteiger partial charge on any atom is 0.239 e. The second kappa shape index (κ2) is 6.76. The smallest absolute Gasteiger partial charge is 0.239 e. The Hall–Kier alpha value is -1.82. The Morgan fingerprint density at radius 3 is 2.67 bits per heavy atom. The van der Waals surface area contributed by atoms with Crippen molar-refractivity contribution in [2.75, 3.05) is 17.7 Å². The van der Waals surface area contributed by atoms with Crippen LogP contribution in [0.15, 0.2) is 17.5 Å². The van der Waals surface area contributed by atoms with Crippen LogP contribution in [0.5, 0.6) is 5.88 Å². The molecule has 0 saturated carbocycles. The Labute approximate surface area is 129 Å². The highest BCUT2D eigenvalue weighted by atomic mass is 32.1. The zero-order valence-electron chi connectivity index (χ0n) is 12.9. The molecule has 1 atom stereocenters. The lowest BCUT2D eigenvalue weighted by Crippen LogP contribution is -2.11. The molecule has 0 amide bonds. The fourth-order valence-corrected chi connectivity index (χ4v) is 2.55. The molecule has 114 valence electrons. The number of nitrogens with one attached hydrogen (secondary N) is 1. The Morgan fingerprint density at radius 2 is 2.05 bits per heavy atom.